The molecule has 0 saturated heterocycles. The predicted octanol–water partition coefficient (Wildman–Crippen LogP) is 5.29. The summed E-state index contributed by atoms with van der Waals surface area (Å²) in [5.41, 5.74) is 1.15. The standard InChI is InChI=1S/C28H30FN7O4/c1-6-39-25-10-7-17(16-32-25)36-24(15-23(35-36)28(2,3)4)34-27(38)33-21-9-8-18(13-20(21)29)40-19-11-12-31-22(14-19)26(37)30-5/h7-16H,6H2,1-5H3,(H,30,37)(H2,33,34,38). The third-order valence-corrected chi connectivity index (χ3v) is 5.59. The van der Waals surface area contributed by atoms with Crippen LogP contribution in [-0.4, -0.2) is 45.3 Å². The molecule has 3 N–H and O–H groups in total. The lowest BCUT2D eigenvalue weighted by atomic mass is 9.92. The molecule has 0 aliphatic rings. The summed E-state index contributed by atoms with van der Waals surface area (Å²) in [4.78, 5) is 32.9. The molecule has 0 aliphatic heterocycles. The van der Waals surface area contributed by atoms with Gasteiger partial charge in [-0.15, -0.1) is 0 Å². The van der Waals surface area contributed by atoms with E-state index in [2.05, 4.69) is 31.0 Å². The van der Waals surface area contributed by atoms with Crippen LogP contribution in [0.25, 0.3) is 5.69 Å². The molecule has 0 saturated carbocycles. The van der Waals surface area contributed by atoms with Crippen LogP contribution in [0.5, 0.6) is 17.4 Å². The van der Waals surface area contributed by atoms with Crippen molar-refractivity contribution in [3.05, 3.63) is 78.1 Å². The SMILES string of the molecule is CCOc1ccc(-n2nc(C(C)(C)C)cc2NC(=O)Nc2ccc(Oc3ccnc(C(=O)NC)c3)cc2F)cn1. The van der Waals surface area contributed by atoms with Gasteiger partial charge in [-0.3, -0.25) is 15.1 Å². The third kappa shape index (κ3) is 6.70. The molecule has 0 unspecified atom stereocenters. The largest absolute Gasteiger partial charge is 0.478 e. The predicted molar refractivity (Wildman–Crippen MR) is 148 cm³/mol. The van der Waals surface area contributed by atoms with Crippen molar-refractivity contribution in [2.75, 3.05) is 24.3 Å². The normalized spacial score (nSPS) is 11.1. The number of pyridine rings is 2. The Bertz CT molecular complexity index is 1510. The van der Waals surface area contributed by atoms with E-state index in [-0.39, 0.29) is 28.5 Å². The number of nitrogens with one attached hydrogen (secondary N) is 3. The second-order valence-electron chi connectivity index (χ2n) is 9.64. The van der Waals surface area contributed by atoms with Crippen molar-refractivity contribution in [2.24, 2.45) is 0 Å². The third-order valence-electron chi connectivity index (χ3n) is 5.59. The number of nitrogens with zero attached hydrogens (tertiary/aromatic N) is 4. The van der Waals surface area contributed by atoms with Crippen molar-refractivity contribution >= 4 is 23.4 Å². The van der Waals surface area contributed by atoms with Crippen molar-refractivity contribution in [3.63, 3.8) is 0 Å². The van der Waals surface area contributed by atoms with E-state index in [1.165, 1.54) is 31.4 Å². The van der Waals surface area contributed by atoms with Crippen LogP contribution in [0, 0.1) is 5.82 Å². The second-order valence-corrected chi connectivity index (χ2v) is 9.64. The van der Waals surface area contributed by atoms with Gasteiger partial charge in [0.05, 0.1) is 29.9 Å². The first-order valence-corrected chi connectivity index (χ1v) is 12.5. The molecule has 4 rings (SSSR count). The minimum absolute atomic E-state index is 0.0597. The lowest BCUT2D eigenvalue weighted by Gasteiger charge is -2.14. The Hall–Kier alpha value is -5.00. The van der Waals surface area contributed by atoms with E-state index in [0.29, 0.717) is 29.7 Å². The number of benzene rings is 1. The van der Waals surface area contributed by atoms with Gasteiger partial charge in [-0.1, -0.05) is 20.8 Å². The van der Waals surface area contributed by atoms with E-state index in [9.17, 15) is 14.0 Å². The first kappa shape index (κ1) is 28.0. The average molecular weight is 548 g/mol. The quantitative estimate of drug-likeness (QED) is 0.273. The second kappa shape index (κ2) is 11.8. The van der Waals surface area contributed by atoms with Gasteiger partial charge in [-0.2, -0.15) is 5.10 Å². The lowest BCUT2D eigenvalue weighted by Crippen LogP contribution is -2.22. The van der Waals surface area contributed by atoms with Crippen molar-refractivity contribution in [1.29, 1.82) is 0 Å². The summed E-state index contributed by atoms with van der Waals surface area (Å²) in [6, 6.07) is 11.5. The van der Waals surface area contributed by atoms with Gasteiger partial charge in [0.15, 0.2) is 0 Å². The van der Waals surface area contributed by atoms with Crippen LogP contribution < -0.4 is 25.4 Å². The molecule has 0 spiro atoms. The molecule has 4 aromatic rings. The maximum atomic E-state index is 14.9. The molecule has 11 nitrogen and oxygen atoms in total. The Balaban J connectivity index is 1.50. The molecule has 0 radical (unpaired) electrons. The maximum Gasteiger partial charge on any atom is 0.324 e. The van der Waals surface area contributed by atoms with Gasteiger partial charge in [-0.25, -0.2) is 18.9 Å². The first-order chi connectivity index (χ1) is 19.1. The van der Waals surface area contributed by atoms with Gasteiger partial charge in [-0.05, 0) is 31.2 Å². The van der Waals surface area contributed by atoms with Crippen molar-refractivity contribution in [2.45, 2.75) is 33.1 Å². The number of aromatic nitrogens is 4. The van der Waals surface area contributed by atoms with Crippen molar-refractivity contribution < 1.29 is 23.5 Å². The van der Waals surface area contributed by atoms with Gasteiger partial charge < -0.3 is 20.1 Å². The number of halogens is 1. The fourth-order valence-corrected chi connectivity index (χ4v) is 3.56. The maximum absolute atomic E-state index is 14.9. The van der Waals surface area contributed by atoms with Crippen LogP contribution in [0.15, 0.2) is 60.9 Å². The van der Waals surface area contributed by atoms with Gasteiger partial charge in [0, 0.05) is 42.9 Å². The van der Waals surface area contributed by atoms with E-state index in [0.717, 1.165) is 11.8 Å². The smallest absolute Gasteiger partial charge is 0.324 e. The van der Waals surface area contributed by atoms with Gasteiger partial charge in [0.25, 0.3) is 5.91 Å². The van der Waals surface area contributed by atoms with E-state index in [1.807, 2.05) is 27.7 Å². The number of carbonyl (C=O) groups is 2. The Kier molecular flexibility index (Phi) is 8.27. The topological polar surface area (TPSA) is 132 Å². The molecule has 1 aromatic carbocycles. The molecule has 0 atom stereocenters. The van der Waals surface area contributed by atoms with Gasteiger partial charge in [0.1, 0.15) is 28.8 Å². The minimum atomic E-state index is -0.715. The van der Waals surface area contributed by atoms with Crippen LogP contribution in [0.3, 0.4) is 0 Å². The molecule has 3 amide bonds. The molecule has 208 valence electrons. The Morgan fingerprint density at radius 1 is 1.00 bits per heavy atom. The summed E-state index contributed by atoms with van der Waals surface area (Å²) in [7, 11) is 1.49. The zero-order valence-electron chi connectivity index (χ0n) is 22.8. The lowest BCUT2D eigenvalue weighted by molar-refractivity contribution is 0.0957. The van der Waals surface area contributed by atoms with E-state index in [1.54, 1.807) is 35.1 Å². The number of ether oxygens (including phenoxy) is 2. The number of anilines is 2. The average Bonchev–Trinajstić information content (AvgIpc) is 3.35. The van der Waals surface area contributed by atoms with Crippen molar-refractivity contribution in [3.8, 4) is 23.1 Å². The van der Waals surface area contributed by atoms with Crippen molar-refractivity contribution in [1.82, 2.24) is 25.1 Å². The zero-order valence-corrected chi connectivity index (χ0v) is 22.8. The summed E-state index contributed by atoms with van der Waals surface area (Å²) >= 11 is 0. The molecule has 40 heavy (non-hydrogen) atoms. The molecule has 0 fully saturated rings. The minimum Gasteiger partial charge on any atom is -0.478 e. The monoisotopic (exact) mass is 547 g/mol. The molecule has 3 aromatic heterocycles. The summed E-state index contributed by atoms with van der Waals surface area (Å²) < 4.78 is 27.5. The van der Waals surface area contributed by atoms with Crippen LogP contribution in [0.4, 0.5) is 20.7 Å². The van der Waals surface area contributed by atoms with Gasteiger partial charge >= 0.3 is 6.03 Å². The highest BCUT2D eigenvalue weighted by molar-refractivity contribution is 5.99. The summed E-state index contributed by atoms with van der Waals surface area (Å²) in [6.45, 7) is 8.37. The Labute approximate surface area is 230 Å². The van der Waals surface area contributed by atoms with E-state index < -0.39 is 11.8 Å². The van der Waals surface area contributed by atoms with Gasteiger partial charge in [0.2, 0.25) is 5.88 Å². The number of hydrogen-bond donors (Lipinski definition) is 3. The van der Waals surface area contributed by atoms with Crippen LogP contribution in [0.1, 0.15) is 43.9 Å². The molecular weight excluding hydrogens is 517 g/mol. The van der Waals surface area contributed by atoms with E-state index in [4.69, 9.17) is 9.47 Å². The number of amides is 3. The zero-order chi connectivity index (χ0) is 28.9. The summed E-state index contributed by atoms with van der Waals surface area (Å²) in [5.74, 6) is 0.232. The van der Waals surface area contributed by atoms with Crippen LogP contribution in [-0.2, 0) is 5.41 Å². The number of rotatable bonds is 8. The molecule has 3 heterocycles. The fourth-order valence-electron chi connectivity index (χ4n) is 3.56. The number of carbonyl (C=O) groups excluding carboxylic acids is 2. The van der Waals surface area contributed by atoms with E-state index >= 15 is 0 Å². The molecular formula is C28H30FN7O4. The highest BCUT2D eigenvalue weighted by Crippen LogP contribution is 2.28. The summed E-state index contributed by atoms with van der Waals surface area (Å²) in [5, 5.41) is 12.4. The molecule has 12 heteroatoms. The number of hydrogen-bond acceptors (Lipinski definition) is 7. The van der Waals surface area contributed by atoms with Crippen LogP contribution >= 0.6 is 0 Å². The highest BCUT2D eigenvalue weighted by Gasteiger charge is 2.22. The summed E-state index contributed by atoms with van der Waals surface area (Å²) in [6.07, 6.45) is 3.00. The number of urea groups is 1. The fraction of sp³-hybridized carbons (Fsp3) is 0.250. The molecule has 0 bridgehead atoms. The highest BCUT2D eigenvalue weighted by atomic mass is 19.1. The van der Waals surface area contributed by atoms with Crippen LogP contribution in [0.2, 0.25) is 0 Å². The molecule has 0 aliphatic carbocycles. The first-order valence-electron chi connectivity index (χ1n) is 12.5. The Morgan fingerprint density at radius 2 is 1.77 bits per heavy atom. The Morgan fingerprint density at radius 3 is 2.42 bits per heavy atom.